The van der Waals surface area contributed by atoms with Crippen molar-refractivity contribution in [2.24, 2.45) is 5.16 Å². The van der Waals surface area contributed by atoms with Crippen LogP contribution in [0.15, 0.2) is 23.5 Å². The van der Waals surface area contributed by atoms with Gasteiger partial charge < -0.3 is 9.94 Å². The van der Waals surface area contributed by atoms with Crippen molar-refractivity contribution in [3.05, 3.63) is 24.0 Å². The molecule has 0 spiro atoms. The lowest BCUT2D eigenvalue weighted by atomic mass is 10.3. The maximum absolute atomic E-state index is 8.31. The molecule has 0 unspecified atom stereocenters. The van der Waals surface area contributed by atoms with Crippen LogP contribution in [0, 0.1) is 0 Å². The standard InChI is InChI=1S/C10H14N2O2/c1-2-3-6-14-10-4-5-11-9(7-10)8-12-13/h4-5,7-8,13H,2-3,6H2,1H3/b12-8+. The molecule has 0 fully saturated rings. The van der Waals surface area contributed by atoms with E-state index in [2.05, 4.69) is 17.1 Å². The van der Waals surface area contributed by atoms with Gasteiger partial charge >= 0.3 is 0 Å². The highest BCUT2D eigenvalue weighted by atomic mass is 16.5. The van der Waals surface area contributed by atoms with Crippen molar-refractivity contribution in [1.29, 1.82) is 0 Å². The number of rotatable bonds is 5. The second-order valence-electron chi connectivity index (χ2n) is 2.86. The SMILES string of the molecule is CCCCOc1ccnc(/C=N/O)c1. The molecule has 1 N–H and O–H groups in total. The topological polar surface area (TPSA) is 54.7 Å². The summed E-state index contributed by atoms with van der Waals surface area (Å²) in [5.41, 5.74) is 0.585. The Balaban J connectivity index is 2.54. The minimum absolute atomic E-state index is 0.585. The van der Waals surface area contributed by atoms with Crippen molar-refractivity contribution in [1.82, 2.24) is 4.98 Å². The third-order valence-electron chi connectivity index (χ3n) is 1.71. The molecule has 76 valence electrons. The molecule has 1 aromatic rings. The molecule has 0 amide bonds. The van der Waals surface area contributed by atoms with E-state index >= 15 is 0 Å². The van der Waals surface area contributed by atoms with Gasteiger partial charge in [0.05, 0.1) is 18.5 Å². The summed E-state index contributed by atoms with van der Waals surface area (Å²) < 4.78 is 5.45. The quantitative estimate of drug-likeness (QED) is 0.338. The summed E-state index contributed by atoms with van der Waals surface area (Å²) in [5.74, 6) is 0.753. The Morgan fingerprint density at radius 3 is 3.21 bits per heavy atom. The van der Waals surface area contributed by atoms with E-state index in [0.717, 1.165) is 18.6 Å². The van der Waals surface area contributed by atoms with Crippen molar-refractivity contribution in [2.45, 2.75) is 19.8 Å². The van der Waals surface area contributed by atoms with Crippen LogP contribution in [0.3, 0.4) is 0 Å². The Bertz CT molecular complexity index is 300. The van der Waals surface area contributed by atoms with E-state index in [-0.39, 0.29) is 0 Å². The highest BCUT2D eigenvalue weighted by molar-refractivity contribution is 5.76. The predicted molar refractivity (Wildman–Crippen MR) is 54.0 cm³/mol. The first-order valence-electron chi connectivity index (χ1n) is 4.63. The van der Waals surface area contributed by atoms with Gasteiger partial charge in [0.1, 0.15) is 5.75 Å². The number of nitrogens with zero attached hydrogens (tertiary/aromatic N) is 2. The monoisotopic (exact) mass is 194 g/mol. The molecule has 0 atom stereocenters. The van der Waals surface area contributed by atoms with Crippen molar-refractivity contribution in [3.63, 3.8) is 0 Å². The molecular formula is C10H14N2O2. The van der Waals surface area contributed by atoms with E-state index in [1.807, 2.05) is 0 Å². The average Bonchev–Trinajstić information content (AvgIpc) is 2.19. The zero-order valence-corrected chi connectivity index (χ0v) is 8.18. The van der Waals surface area contributed by atoms with Gasteiger partial charge in [0.15, 0.2) is 0 Å². The van der Waals surface area contributed by atoms with Crippen molar-refractivity contribution in [3.8, 4) is 5.75 Å². The highest BCUT2D eigenvalue weighted by Gasteiger charge is 1.95. The van der Waals surface area contributed by atoms with Gasteiger partial charge in [0, 0.05) is 12.3 Å². The molecule has 1 heterocycles. The van der Waals surface area contributed by atoms with Gasteiger partial charge in [-0.05, 0) is 12.5 Å². The zero-order valence-electron chi connectivity index (χ0n) is 8.18. The Morgan fingerprint density at radius 2 is 2.50 bits per heavy atom. The molecule has 0 radical (unpaired) electrons. The lowest BCUT2D eigenvalue weighted by Gasteiger charge is -2.04. The minimum Gasteiger partial charge on any atom is -0.493 e. The molecule has 0 aliphatic carbocycles. The van der Waals surface area contributed by atoms with E-state index in [4.69, 9.17) is 9.94 Å². The van der Waals surface area contributed by atoms with Crippen LogP contribution >= 0.6 is 0 Å². The molecule has 1 aromatic heterocycles. The highest BCUT2D eigenvalue weighted by Crippen LogP contribution is 2.10. The third-order valence-corrected chi connectivity index (χ3v) is 1.71. The number of aromatic nitrogens is 1. The van der Waals surface area contributed by atoms with Gasteiger partial charge in [-0.25, -0.2) is 0 Å². The summed E-state index contributed by atoms with van der Waals surface area (Å²) in [6.45, 7) is 2.82. The van der Waals surface area contributed by atoms with Gasteiger partial charge in [0.2, 0.25) is 0 Å². The fraction of sp³-hybridized carbons (Fsp3) is 0.400. The van der Waals surface area contributed by atoms with Crippen molar-refractivity contribution >= 4 is 6.21 Å². The normalized spacial score (nSPS) is 10.6. The largest absolute Gasteiger partial charge is 0.493 e. The van der Waals surface area contributed by atoms with Crippen LogP contribution < -0.4 is 4.74 Å². The second kappa shape index (κ2) is 5.96. The van der Waals surface area contributed by atoms with E-state index in [1.54, 1.807) is 18.3 Å². The fourth-order valence-electron chi connectivity index (χ4n) is 0.982. The Morgan fingerprint density at radius 1 is 1.64 bits per heavy atom. The summed E-state index contributed by atoms with van der Waals surface area (Å²) in [7, 11) is 0. The van der Waals surface area contributed by atoms with E-state index in [9.17, 15) is 0 Å². The van der Waals surface area contributed by atoms with Crippen LogP contribution in [-0.4, -0.2) is 23.0 Å². The van der Waals surface area contributed by atoms with Crippen molar-refractivity contribution < 1.29 is 9.94 Å². The lowest BCUT2D eigenvalue weighted by molar-refractivity contribution is 0.309. The Kier molecular flexibility index (Phi) is 4.47. The summed E-state index contributed by atoms with van der Waals surface area (Å²) >= 11 is 0. The molecule has 4 nitrogen and oxygen atoms in total. The summed E-state index contributed by atoms with van der Waals surface area (Å²) in [4.78, 5) is 3.97. The van der Waals surface area contributed by atoms with Crippen LogP contribution in [0.1, 0.15) is 25.5 Å². The van der Waals surface area contributed by atoms with Gasteiger partial charge in [-0.2, -0.15) is 0 Å². The van der Waals surface area contributed by atoms with Crippen LogP contribution in [0.2, 0.25) is 0 Å². The smallest absolute Gasteiger partial charge is 0.123 e. The predicted octanol–water partition coefficient (Wildman–Crippen LogP) is 2.07. The molecular weight excluding hydrogens is 180 g/mol. The summed E-state index contributed by atoms with van der Waals surface area (Å²) in [5, 5.41) is 11.2. The van der Waals surface area contributed by atoms with Crippen molar-refractivity contribution in [2.75, 3.05) is 6.61 Å². The Hall–Kier alpha value is -1.58. The first-order valence-corrected chi connectivity index (χ1v) is 4.63. The second-order valence-corrected chi connectivity index (χ2v) is 2.86. The number of unbranched alkanes of at least 4 members (excludes halogenated alkanes) is 1. The van der Waals surface area contributed by atoms with E-state index in [1.165, 1.54) is 6.21 Å². The van der Waals surface area contributed by atoms with Gasteiger partial charge in [0.25, 0.3) is 0 Å². The minimum atomic E-state index is 0.585. The zero-order chi connectivity index (χ0) is 10.2. The maximum atomic E-state index is 8.31. The third kappa shape index (κ3) is 3.43. The first kappa shape index (κ1) is 10.5. The molecule has 0 saturated heterocycles. The average molecular weight is 194 g/mol. The van der Waals surface area contributed by atoms with E-state index < -0.39 is 0 Å². The van der Waals surface area contributed by atoms with Crippen LogP contribution in [0.25, 0.3) is 0 Å². The molecule has 0 aromatic carbocycles. The molecule has 14 heavy (non-hydrogen) atoms. The van der Waals surface area contributed by atoms with Crippen LogP contribution in [0.5, 0.6) is 5.75 Å². The van der Waals surface area contributed by atoms with Gasteiger partial charge in [-0.1, -0.05) is 18.5 Å². The maximum Gasteiger partial charge on any atom is 0.123 e. The van der Waals surface area contributed by atoms with Crippen LogP contribution in [-0.2, 0) is 0 Å². The Labute approximate surface area is 83.2 Å². The molecule has 1 rings (SSSR count). The first-order chi connectivity index (χ1) is 6.86. The molecule has 0 bridgehead atoms. The number of ether oxygens (including phenoxy) is 1. The number of pyridine rings is 1. The summed E-state index contributed by atoms with van der Waals surface area (Å²) in [6, 6.07) is 3.51. The number of oxime groups is 1. The fourth-order valence-corrected chi connectivity index (χ4v) is 0.982. The molecule has 4 heteroatoms. The molecule has 0 saturated carbocycles. The number of hydrogen-bond donors (Lipinski definition) is 1. The lowest BCUT2D eigenvalue weighted by Crippen LogP contribution is -1.97. The molecule has 0 aliphatic heterocycles. The van der Waals surface area contributed by atoms with Gasteiger partial charge in [-0.15, -0.1) is 0 Å². The molecule has 0 aliphatic rings. The van der Waals surface area contributed by atoms with Crippen LogP contribution in [0.4, 0.5) is 0 Å². The number of hydrogen-bond acceptors (Lipinski definition) is 4. The summed E-state index contributed by atoms with van der Waals surface area (Å²) in [6.07, 6.45) is 5.03. The van der Waals surface area contributed by atoms with E-state index in [0.29, 0.717) is 12.3 Å². The van der Waals surface area contributed by atoms with Gasteiger partial charge in [-0.3, -0.25) is 4.98 Å².